The van der Waals surface area contributed by atoms with Gasteiger partial charge >= 0.3 is 0 Å². The van der Waals surface area contributed by atoms with Crippen molar-refractivity contribution in [1.29, 1.82) is 0 Å². The monoisotopic (exact) mass is 339 g/mol. The van der Waals surface area contributed by atoms with Gasteiger partial charge in [-0.15, -0.1) is 0 Å². The third-order valence-electron chi connectivity index (χ3n) is 4.35. The number of carbonyl (C=O) groups is 1. The zero-order valence-corrected chi connectivity index (χ0v) is 15.9. The van der Waals surface area contributed by atoms with Crippen molar-refractivity contribution in [2.75, 3.05) is 11.9 Å². The lowest BCUT2D eigenvalue weighted by Gasteiger charge is -2.20. The second-order valence-electron chi connectivity index (χ2n) is 6.92. The van der Waals surface area contributed by atoms with Crippen LogP contribution in [0.25, 0.3) is 0 Å². The molecule has 0 aromatic heterocycles. The van der Waals surface area contributed by atoms with E-state index in [1.54, 1.807) is 0 Å². The second kappa shape index (κ2) is 8.70. The summed E-state index contributed by atoms with van der Waals surface area (Å²) in [5.41, 5.74) is 4.37. The largest absolute Gasteiger partial charge is 0.483 e. The van der Waals surface area contributed by atoms with Gasteiger partial charge in [0.15, 0.2) is 6.61 Å². The van der Waals surface area contributed by atoms with Crippen LogP contribution in [0.4, 0.5) is 5.69 Å². The van der Waals surface area contributed by atoms with Crippen LogP contribution in [0.2, 0.25) is 0 Å². The molecule has 0 radical (unpaired) electrons. The molecule has 134 valence electrons. The van der Waals surface area contributed by atoms with Crippen LogP contribution in [0.1, 0.15) is 63.1 Å². The number of amides is 1. The first-order chi connectivity index (χ1) is 11.9. The number of para-hydroxylation sites is 2. The highest BCUT2D eigenvalue weighted by Gasteiger charge is 2.16. The third-order valence-corrected chi connectivity index (χ3v) is 4.35. The van der Waals surface area contributed by atoms with Crippen molar-refractivity contribution in [1.82, 2.24) is 0 Å². The molecule has 1 amide bonds. The molecule has 0 spiro atoms. The number of hydrogen-bond donors (Lipinski definition) is 1. The van der Waals surface area contributed by atoms with Gasteiger partial charge in [-0.2, -0.15) is 0 Å². The van der Waals surface area contributed by atoms with E-state index in [-0.39, 0.29) is 12.5 Å². The Kier molecular flexibility index (Phi) is 6.63. The summed E-state index contributed by atoms with van der Waals surface area (Å²) in [6.07, 6.45) is 0.880. The number of aryl methyl sites for hydroxylation is 1. The maximum Gasteiger partial charge on any atom is 0.262 e. The van der Waals surface area contributed by atoms with Gasteiger partial charge in [-0.25, -0.2) is 0 Å². The normalized spacial score (nSPS) is 11.0. The zero-order valence-electron chi connectivity index (χ0n) is 15.9. The van der Waals surface area contributed by atoms with Crippen molar-refractivity contribution in [2.45, 2.75) is 52.9 Å². The van der Waals surface area contributed by atoms with Gasteiger partial charge in [-0.1, -0.05) is 71.0 Å². The van der Waals surface area contributed by atoms with Crippen molar-refractivity contribution in [3.63, 3.8) is 0 Å². The van der Waals surface area contributed by atoms with Crippen molar-refractivity contribution < 1.29 is 9.53 Å². The highest BCUT2D eigenvalue weighted by atomic mass is 16.5. The summed E-state index contributed by atoms with van der Waals surface area (Å²) < 4.78 is 5.75. The molecule has 0 saturated carbocycles. The minimum Gasteiger partial charge on any atom is -0.483 e. The molecule has 3 heteroatoms. The summed E-state index contributed by atoms with van der Waals surface area (Å²) in [5, 5.41) is 3.09. The number of rotatable bonds is 7. The van der Waals surface area contributed by atoms with E-state index in [4.69, 9.17) is 4.74 Å². The summed E-state index contributed by atoms with van der Waals surface area (Å²) in [7, 11) is 0. The highest BCUT2D eigenvalue weighted by molar-refractivity contribution is 5.93. The molecule has 0 aliphatic rings. The van der Waals surface area contributed by atoms with Crippen LogP contribution in [0.5, 0.6) is 5.75 Å². The van der Waals surface area contributed by atoms with Gasteiger partial charge in [0.2, 0.25) is 0 Å². The number of carbonyl (C=O) groups excluding carboxylic acids is 1. The lowest BCUT2D eigenvalue weighted by molar-refractivity contribution is -0.118. The molecule has 0 fully saturated rings. The Bertz CT molecular complexity index is 693. The third kappa shape index (κ3) is 4.85. The van der Waals surface area contributed by atoms with E-state index in [0.717, 1.165) is 34.5 Å². The molecule has 0 heterocycles. The van der Waals surface area contributed by atoms with Gasteiger partial charge in [0.1, 0.15) is 5.75 Å². The van der Waals surface area contributed by atoms with Crippen molar-refractivity contribution in [3.8, 4) is 5.75 Å². The number of ether oxygens (including phenoxy) is 1. The first kappa shape index (κ1) is 19.0. The van der Waals surface area contributed by atoms with E-state index in [1.807, 2.05) is 24.3 Å². The molecule has 0 aliphatic heterocycles. The van der Waals surface area contributed by atoms with Crippen LogP contribution in [-0.4, -0.2) is 12.5 Å². The summed E-state index contributed by atoms with van der Waals surface area (Å²) >= 11 is 0. The van der Waals surface area contributed by atoms with E-state index in [2.05, 4.69) is 58.1 Å². The van der Waals surface area contributed by atoms with Gasteiger partial charge in [-0.3, -0.25) is 4.79 Å². The van der Waals surface area contributed by atoms with Crippen LogP contribution in [0.15, 0.2) is 42.5 Å². The molecule has 0 saturated heterocycles. The fourth-order valence-corrected chi connectivity index (χ4v) is 2.95. The average Bonchev–Trinajstić information content (AvgIpc) is 2.59. The van der Waals surface area contributed by atoms with E-state index < -0.39 is 0 Å². The maximum absolute atomic E-state index is 12.5. The van der Waals surface area contributed by atoms with Crippen molar-refractivity contribution in [2.24, 2.45) is 0 Å². The lowest BCUT2D eigenvalue weighted by Crippen LogP contribution is -2.22. The van der Waals surface area contributed by atoms with E-state index in [1.165, 1.54) is 0 Å². The summed E-state index contributed by atoms with van der Waals surface area (Å²) in [6, 6.07) is 14.1. The van der Waals surface area contributed by atoms with Crippen LogP contribution in [-0.2, 0) is 11.2 Å². The first-order valence-electron chi connectivity index (χ1n) is 9.07. The lowest BCUT2D eigenvalue weighted by atomic mass is 9.92. The molecule has 0 atom stereocenters. The maximum atomic E-state index is 12.5. The molecule has 25 heavy (non-hydrogen) atoms. The molecule has 3 nitrogen and oxygen atoms in total. The Labute approximate surface area is 151 Å². The fraction of sp³-hybridized carbons (Fsp3) is 0.409. The quantitative estimate of drug-likeness (QED) is 0.722. The van der Waals surface area contributed by atoms with Crippen molar-refractivity contribution in [3.05, 3.63) is 59.2 Å². The minimum atomic E-state index is -0.124. The average molecular weight is 339 g/mol. The van der Waals surface area contributed by atoms with Gasteiger partial charge in [-0.05, 0) is 41.0 Å². The van der Waals surface area contributed by atoms with E-state index >= 15 is 0 Å². The molecule has 0 unspecified atom stereocenters. The number of anilines is 1. The van der Waals surface area contributed by atoms with Gasteiger partial charge < -0.3 is 10.1 Å². The minimum absolute atomic E-state index is 0.0149. The van der Waals surface area contributed by atoms with Crippen LogP contribution in [0, 0.1) is 0 Å². The molecule has 1 N–H and O–H groups in total. The van der Waals surface area contributed by atoms with Gasteiger partial charge in [0.25, 0.3) is 5.91 Å². The summed E-state index contributed by atoms with van der Waals surface area (Å²) in [5.74, 6) is 1.34. The Morgan fingerprint density at radius 2 is 1.56 bits per heavy atom. The number of hydrogen-bond acceptors (Lipinski definition) is 2. The fourth-order valence-electron chi connectivity index (χ4n) is 2.95. The molecule has 2 rings (SSSR count). The van der Waals surface area contributed by atoms with E-state index in [9.17, 15) is 4.79 Å². The van der Waals surface area contributed by atoms with Crippen LogP contribution < -0.4 is 10.1 Å². The molecular weight excluding hydrogens is 310 g/mol. The molecule has 0 aliphatic carbocycles. The van der Waals surface area contributed by atoms with Crippen LogP contribution in [0.3, 0.4) is 0 Å². The molecule has 2 aromatic carbocycles. The number of nitrogens with one attached hydrogen (secondary N) is 1. The Hall–Kier alpha value is -2.29. The topological polar surface area (TPSA) is 38.3 Å². The van der Waals surface area contributed by atoms with Gasteiger partial charge in [0.05, 0.1) is 0 Å². The highest BCUT2D eigenvalue weighted by Crippen LogP contribution is 2.32. The molecule has 0 bridgehead atoms. The first-order valence-corrected chi connectivity index (χ1v) is 9.07. The SMILES string of the molecule is CCc1ccccc1OCC(=O)Nc1c(C(C)C)cccc1C(C)C. The van der Waals surface area contributed by atoms with Crippen molar-refractivity contribution >= 4 is 11.6 Å². The van der Waals surface area contributed by atoms with Gasteiger partial charge in [0, 0.05) is 5.69 Å². The van der Waals surface area contributed by atoms with Crippen LogP contribution >= 0.6 is 0 Å². The Morgan fingerprint density at radius 3 is 2.12 bits per heavy atom. The predicted molar refractivity (Wildman–Crippen MR) is 105 cm³/mol. The smallest absolute Gasteiger partial charge is 0.262 e. The summed E-state index contributed by atoms with van der Waals surface area (Å²) in [6.45, 7) is 10.7. The molecular formula is C22H29NO2. The zero-order chi connectivity index (χ0) is 18.4. The standard InChI is InChI=1S/C22H29NO2/c1-6-17-10-7-8-13-20(17)25-14-21(24)23-22-18(15(2)3)11-9-12-19(22)16(4)5/h7-13,15-16H,6,14H2,1-5H3,(H,23,24). The summed E-state index contributed by atoms with van der Waals surface area (Å²) in [4.78, 5) is 12.5. The molecule has 2 aromatic rings. The van der Waals surface area contributed by atoms with E-state index in [0.29, 0.717) is 11.8 Å². The Balaban J connectivity index is 2.15. The number of benzene rings is 2. The Morgan fingerprint density at radius 1 is 0.960 bits per heavy atom. The second-order valence-corrected chi connectivity index (χ2v) is 6.92. The predicted octanol–water partition coefficient (Wildman–Crippen LogP) is 5.51.